The number of aromatic nitrogens is 4. The van der Waals surface area contributed by atoms with Gasteiger partial charge >= 0.3 is 0 Å². The normalized spacial score (nSPS) is 10.6. The van der Waals surface area contributed by atoms with E-state index in [9.17, 15) is 0 Å². The van der Waals surface area contributed by atoms with Crippen molar-refractivity contribution in [3.8, 4) is 17.1 Å². The second-order valence-electron chi connectivity index (χ2n) is 4.22. The maximum atomic E-state index is 5.96. The fraction of sp³-hybridized carbons (Fsp3) is 0.0714. The van der Waals surface area contributed by atoms with Gasteiger partial charge in [-0.25, -0.2) is 0 Å². The second kappa shape index (κ2) is 4.82. The summed E-state index contributed by atoms with van der Waals surface area (Å²) in [5.74, 6) is 0. The van der Waals surface area contributed by atoms with E-state index < -0.39 is 0 Å². The molecule has 0 unspecified atom stereocenters. The molecule has 0 N–H and O–H groups in total. The number of nitrogens with zero attached hydrogens (tertiary/aromatic N) is 4. The van der Waals surface area contributed by atoms with Gasteiger partial charge in [0.25, 0.3) is 0 Å². The van der Waals surface area contributed by atoms with Gasteiger partial charge in [-0.2, -0.15) is 9.90 Å². The number of rotatable bonds is 2. The number of aryl methyl sites for hydroxylation is 1. The summed E-state index contributed by atoms with van der Waals surface area (Å²) in [5.41, 5.74) is 3.52. The van der Waals surface area contributed by atoms with Crippen molar-refractivity contribution in [2.24, 2.45) is 0 Å². The molecule has 0 fully saturated rings. The topological polar surface area (TPSA) is 43.6 Å². The van der Waals surface area contributed by atoms with Crippen LogP contribution in [0, 0.1) is 6.92 Å². The Morgan fingerprint density at radius 2 is 2.00 bits per heavy atom. The van der Waals surface area contributed by atoms with E-state index in [0.29, 0.717) is 5.02 Å². The molecule has 0 atom stereocenters. The highest BCUT2D eigenvalue weighted by Crippen LogP contribution is 2.17. The molecule has 0 aliphatic rings. The van der Waals surface area contributed by atoms with E-state index in [-0.39, 0.29) is 0 Å². The Hall–Kier alpha value is -2.20. The van der Waals surface area contributed by atoms with Gasteiger partial charge in [-0.3, -0.25) is 4.98 Å². The van der Waals surface area contributed by atoms with Crippen molar-refractivity contribution in [2.75, 3.05) is 0 Å². The maximum absolute atomic E-state index is 5.96. The summed E-state index contributed by atoms with van der Waals surface area (Å²) in [7, 11) is 0. The number of pyridine rings is 1. The fourth-order valence-corrected chi connectivity index (χ4v) is 1.97. The Balaban J connectivity index is 2.00. The van der Waals surface area contributed by atoms with Crippen LogP contribution < -0.4 is 0 Å². The molecule has 5 heteroatoms. The predicted octanol–water partition coefficient (Wildman–Crippen LogP) is 3.29. The van der Waals surface area contributed by atoms with Gasteiger partial charge in [0.1, 0.15) is 5.69 Å². The molecule has 0 saturated carbocycles. The van der Waals surface area contributed by atoms with Crippen LogP contribution in [-0.4, -0.2) is 20.0 Å². The van der Waals surface area contributed by atoms with E-state index in [1.807, 2.05) is 43.3 Å². The maximum Gasteiger partial charge on any atom is 0.131 e. The van der Waals surface area contributed by atoms with Crippen molar-refractivity contribution in [1.82, 2.24) is 20.0 Å². The molecular weight excluding hydrogens is 260 g/mol. The average molecular weight is 271 g/mol. The number of benzene rings is 1. The molecule has 2 aromatic heterocycles. The fourth-order valence-electron chi connectivity index (χ4n) is 1.78. The minimum atomic E-state index is 0.657. The summed E-state index contributed by atoms with van der Waals surface area (Å²) in [6.07, 6.45) is 3.46. The SMILES string of the molecule is Cc1ccnc(-c2cnn(-c3cccc(Cl)c3)n2)c1. The van der Waals surface area contributed by atoms with Gasteiger partial charge in [0, 0.05) is 11.2 Å². The highest BCUT2D eigenvalue weighted by atomic mass is 35.5. The third kappa shape index (κ3) is 2.48. The molecule has 2 heterocycles. The molecular formula is C14H11ClN4. The Labute approximate surface area is 115 Å². The van der Waals surface area contributed by atoms with Crippen LogP contribution in [0.3, 0.4) is 0 Å². The van der Waals surface area contributed by atoms with Crippen LogP contribution in [0.5, 0.6) is 0 Å². The first kappa shape index (κ1) is 11.9. The van der Waals surface area contributed by atoms with Gasteiger partial charge in [-0.15, -0.1) is 5.10 Å². The van der Waals surface area contributed by atoms with Crippen LogP contribution in [-0.2, 0) is 0 Å². The molecule has 1 aromatic carbocycles. The van der Waals surface area contributed by atoms with E-state index in [1.54, 1.807) is 17.2 Å². The van der Waals surface area contributed by atoms with Crippen LogP contribution in [0.15, 0.2) is 48.8 Å². The lowest BCUT2D eigenvalue weighted by molar-refractivity contribution is 0.753. The lowest BCUT2D eigenvalue weighted by atomic mass is 10.2. The summed E-state index contributed by atoms with van der Waals surface area (Å²) in [5, 5.41) is 9.32. The van der Waals surface area contributed by atoms with Crippen LogP contribution in [0.1, 0.15) is 5.56 Å². The molecule has 0 saturated heterocycles. The number of hydrogen-bond acceptors (Lipinski definition) is 3. The zero-order valence-corrected chi connectivity index (χ0v) is 11.0. The zero-order chi connectivity index (χ0) is 13.2. The molecule has 0 spiro atoms. The molecule has 4 nitrogen and oxygen atoms in total. The Bertz CT molecular complexity index is 661. The van der Waals surface area contributed by atoms with Crippen LogP contribution in [0.4, 0.5) is 0 Å². The van der Waals surface area contributed by atoms with E-state index >= 15 is 0 Å². The standard InChI is InChI=1S/C14H11ClN4/c1-10-5-6-16-13(7-10)14-9-17-19(18-14)12-4-2-3-11(15)8-12/h2-9H,1H3. The van der Waals surface area contributed by atoms with Crippen molar-refractivity contribution >= 4 is 11.6 Å². The molecule has 0 bridgehead atoms. The van der Waals surface area contributed by atoms with Gasteiger partial charge in [-0.05, 0) is 42.8 Å². The molecule has 0 amide bonds. The van der Waals surface area contributed by atoms with Crippen LogP contribution >= 0.6 is 11.6 Å². The van der Waals surface area contributed by atoms with E-state index in [0.717, 1.165) is 22.6 Å². The van der Waals surface area contributed by atoms with Crippen molar-refractivity contribution in [2.45, 2.75) is 6.92 Å². The van der Waals surface area contributed by atoms with Crippen molar-refractivity contribution in [1.29, 1.82) is 0 Å². The third-order valence-corrected chi connectivity index (χ3v) is 2.94. The van der Waals surface area contributed by atoms with Gasteiger partial charge in [0.05, 0.1) is 17.6 Å². The summed E-state index contributed by atoms with van der Waals surface area (Å²) in [6, 6.07) is 11.3. The van der Waals surface area contributed by atoms with Gasteiger partial charge in [0.15, 0.2) is 0 Å². The average Bonchev–Trinajstić information content (AvgIpc) is 2.88. The molecule has 3 aromatic rings. The van der Waals surface area contributed by atoms with Crippen molar-refractivity contribution in [3.05, 3.63) is 59.4 Å². The molecule has 0 radical (unpaired) electrons. The van der Waals surface area contributed by atoms with Gasteiger partial charge in [0.2, 0.25) is 0 Å². The van der Waals surface area contributed by atoms with Gasteiger partial charge in [-0.1, -0.05) is 17.7 Å². The lowest BCUT2D eigenvalue weighted by Crippen LogP contribution is -1.98. The Morgan fingerprint density at radius 3 is 2.79 bits per heavy atom. The van der Waals surface area contributed by atoms with E-state index in [4.69, 9.17) is 11.6 Å². The first-order valence-electron chi connectivity index (χ1n) is 5.84. The first-order chi connectivity index (χ1) is 9.22. The summed E-state index contributed by atoms with van der Waals surface area (Å²) in [6.45, 7) is 2.02. The molecule has 94 valence electrons. The van der Waals surface area contributed by atoms with Crippen LogP contribution in [0.2, 0.25) is 5.02 Å². The third-order valence-electron chi connectivity index (χ3n) is 2.71. The first-order valence-corrected chi connectivity index (χ1v) is 6.21. The highest BCUT2D eigenvalue weighted by Gasteiger charge is 2.06. The smallest absolute Gasteiger partial charge is 0.131 e. The zero-order valence-electron chi connectivity index (χ0n) is 10.3. The molecule has 3 rings (SSSR count). The van der Waals surface area contributed by atoms with E-state index in [2.05, 4.69) is 15.2 Å². The monoisotopic (exact) mass is 270 g/mol. The van der Waals surface area contributed by atoms with Crippen LogP contribution in [0.25, 0.3) is 17.1 Å². The summed E-state index contributed by atoms with van der Waals surface area (Å²) < 4.78 is 0. The summed E-state index contributed by atoms with van der Waals surface area (Å²) in [4.78, 5) is 5.84. The second-order valence-corrected chi connectivity index (χ2v) is 4.65. The quantitative estimate of drug-likeness (QED) is 0.718. The molecule has 0 aliphatic heterocycles. The minimum absolute atomic E-state index is 0.657. The van der Waals surface area contributed by atoms with Gasteiger partial charge < -0.3 is 0 Å². The lowest BCUT2D eigenvalue weighted by Gasteiger charge is -1.99. The molecule has 0 aliphatic carbocycles. The minimum Gasteiger partial charge on any atom is -0.254 e. The van der Waals surface area contributed by atoms with Crippen molar-refractivity contribution in [3.63, 3.8) is 0 Å². The largest absolute Gasteiger partial charge is 0.254 e. The van der Waals surface area contributed by atoms with Crippen molar-refractivity contribution < 1.29 is 0 Å². The Kier molecular flexibility index (Phi) is 3.01. The number of hydrogen-bond donors (Lipinski definition) is 0. The highest BCUT2D eigenvalue weighted by molar-refractivity contribution is 6.30. The number of halogens is 1. The van der Waals surface area contributed by atoms with E-state index in [1.165, 1.54) is 0 Å². The molecule has 19 heavy (non-hydrogen) atoms. The Morgan fingerprint density at radius 1 is 1.11 bits per heavy atom. The summed E-state index contributed by atoms with van der Waals surface area (Å²) >= 11 is 5.96. The predicted molar refractivity (Wildman–Crippen MR) is 74.3 cm³/mol.